The quantitative estimate of drug-likeness (QED) is 0.803. The van der Waals surface area contributed by atoms with E-state index in [2.05, 4.69) is 51.7 Å². The van der Waals surface area contributed by atoms with Crippen molar-refractivity contribution in [2.45, 2.75) is 45.2 Å². The Balaban J connectivity index is 1.88. The van der Waals surface area contributed by atoms with Gasteiger partial charge in [-0.25, -0.2) is 0 Å². The smallest absolute Gasteiger partial charge is 0.244 e. The lowest BCUT2D eigenvalue weighted by molar-refractivity contribution is 0.101. The van der Waals surface area contributed by atoms with Gasteiger partial charge >= 0.3 is 0 Å². The van der Waals surface area contributed by atoms with Gasteiger partial charge in [0.05, 0.1) is 6.04 Å². The maximum atomic E-state index is 5.55. The largest absolute Gasteiger partial charge is 0.337 e. The number of aromatic nitrogens is 2. The SMILES string of the molecule is CC(C)(C)N1CCCC1c1nc(-c2cccc(Br)c2)no1. The second-order valence-corrected chi connectivity index (χ2v) is 7.40. The molecule has 2 heterocycles. The fourth-order valence-electron chi connectivity index (χ4n) is 2.94. The molecule has 0 N–H and O–H groups in total. The number of hydrogen-bond donors (Lipinski definition) is 0. The minimum absolute atomic E-state index is 0.117. The molecule has 1 atom stereocenters. The molecule has 1 saturated heterocycles. The van der Waals surface area contributed by atoms with E-state index in [1.54, 1.807) is 0 Å². The first kappa shape index (κ1) is 14.7. The minimum Gasteiger partial charge on any atom is -0.337 e. The molecule has 112 valence electrons. The zero-order valence-corrected chi connectivity index (χ0v) is 14.2. The first-order valence-electron chi connectivity index (χ1n) is 7.31. The molecule has 4 nitrogen and oxygen atoms in total. The zero-order chi connectivity index (χ0) is 15.0. The van der Waals surface area contributed by atoms with Gasteiger partial charge in [-0.2, -0.15) is 4.98 Å². The van der Waals surface area contributed by atoms with Crippen molar-refractivity contribution in [2.24, 2.45) is 0 Å². The molecule has 0 spiro atoms. The maximum absolute atomic E-state index is 5.55. The van der Waals surface area contributed by atoms with Crippen molar-refractivity contribution in [3.63, 3.8) is 0 Å². The summed E-state index contributed by atoms with van der Waals surface area (Å²) in [4.78, 5) is 7.08. The fourth-order valence-corrected chi connectivity index (χ4v) is 3.34. The van der Waals surface area contributed by atoms with Crippen LogP contribution in [0.15, 0.2) is 33.3 Å². The van der Waals surface area contributed by atoms with E-state index < -0.39 is 0 Å². The van der Waals surface area contributed by atoms with E-state index in [4.69, 9.17) is 4.52 Å². The van der Waals surface area contributed by atoms with Crippen LogP contribution in [0.4, 0.5) is 0 Å². The molecule has 21 heavy (non-hydrogen) atoms. The van der Waals surface area contributed by atoms with Crippen LogP contribution in [0.1, 0.15) is 45.5 Å². The van der Waals surface area contributed by atoms with Gasteiger partial charge in [0.25, 0.3) is 0 Å². The number of nitrogens with zero attached hydrogens (tertiary/aromatic N) is 3. The summed E-state index contributed by atoms with van der Waals surface area (Å²) < 4.78 is 6.57. The molecule has 0 aliphatic carbocycles. The molecule has 1 aliphatic rings. The highest BCUT2D eigenvalue weighted by Gasteiger charge is 2.37. The average molecular weight is 350 g/mol. The van der Waals surface area contributed by atoms with Gasteiger partial charge < -0.3 is 4.52 Å². The number of likely N-dealkylation sites (tertiary alicyclic amines) is 1. The van der Waals surface area contributed by atoms with E-state index in [0.29, 0.717) is 5.82 Å². The first-order valence-corrected chi connectivity index (χ1v) is 8.11. The normalized spacial score (nSPS) is 20.1. The molecular formula is C16H20BrN3O. The molecule has 5 heteroatoms. The van der Waals surface area contributed by atoms with Gasteiger partial charge in [-0.05, 0) is 52.3 Å². The van der Waals surface area contributed by atoms with Gasteiger partial charge in [0, 0.05) is 15.6 Å². The molecular weight excluding hydrogens is 330 g/mol. The van der Waals surface area contributed by atoms with Gasteiger partial charge in [-0.3, -0.25) is 4.90 Å². The fraction of sp³-hybridized carbons (Fsp3) is 0.500. The van der Waals surface area contributed by atoms with E-state index in [9.17, 15) is 0 Å². The van der Waals surface area contributed by atoms with Crippen LogP contribution in [0.25, 0.3) is 11.4 Å². The molecule has 0 amide bonds. The molecule has 2 aromatic rings. The van der Waals surface area contributed by atoms with Crippen LogP contribution in [-0.2, 0) is 0 Å². The van der Waals surface area contributed by atoms with Crippen LogP contribution in [0.3, 0.4) is 0 Å². The van der Waals surface area contributed by atoms with Gasteiger partial charge in [0.1, 0.15) is 0 Å². The molecule has 1 unspecified atom stereocenters. The van der Waals surface area contributed by atoms with Crippen molar-refractivity contribution in [3.05, 3.63) is 34.6 Å². The molecule has 3 rings (SSSR count). The lowest BCUT2D eigenvalue weighted by Crippen LogP contribution is -2.40. The van der Waals surface area contributed by atoms with Crippen LogP contribution in [0.2, 0.25) is 0 Å². The second-order valence-electron chi connectivity index (χ2n) is 6.49. The van der Waals surface area contributed by atoms with E-state index in [-0.39, 0.29) is 11.6 Å². The number of hydrogen-bond acceptors (Lipinski definition) is 4. The predicted molar refractivity (Wildman–Crippen MR) is 85.9 cm³/mol. The third kappa shape index (κ3) is 3.04. The molecule has 1 aromatic heterocycles. The van der Waals surface area contributed by atoms with Crippen molar-refractivity contribution in [1.82, 2.24) is 15.0 Å². The number of rotatable bonds is 2. The molecule has 1 aliphatic heterocycles. The second kappa shape index (κ2) is 5.54. The highest BCUT2D eigenvalue weighted by molar-refractivity contribution is 9.10. The summed E-state index contributed by atoms with van der Waals surface area (Å²) in [5, 5.41) is 4.16. The number of benzene rings is 1. The Kier molecular flexibility index (Phi) is 3.88. The molecule has 0 bridgehead atoms. The number of halogens is 1. The van der Waals surface area contributed by atoms with Crippen LogP contribution in [-0.4, -0.2) is 27.1 Å². The molecule has 1 aromatic carbocycles. The lowest BCUT2D eigenvalue weighted by Gasteiger charge is -2.35. The highest BCUT2D eigenvalue weighted by Crippen LogP contribution is 2.37. The predicted octanol–water partition coefficient (Wildman–Crippen LogP) is 4.43. The van der Waals surface area contributed by atoms with E-state index in [0.717, 1.165) is 28.9 Å². The Bertz CT molecular complexity index is 632. The summed E-state index contributed by atoms with van der Waals surface area (Å²) in [6.07, 6.45) is 2.26. The Morgan fingerprint density at radius 2 is 2.14 bits per heavy atom. The topological polar surface area (TPSA) is 42.2 Å². The van der Waals surface area contributed by atoms with E-state index >= 15 is 0 Å². The monoisotopic (exact) mass is 349 g/mol. The van der Waals surface area contributed by atoms with Crippen molar-refractivity contribution >= 4 is 15.9 Å². The van der Waals surface area contributed by atoms with Crippen LogP contribution >= 0.6 is 15.9 Å². The highest BCUT2D eigenvalue weighted by atomic mass is 79.9. The summed E-state index contributed by atoms with van der Waals surface area (Å²) in [6.45, 7) is 7.79. The van der Waals surface area contributed by atoms with Gasteiger partial charge in [-0.15, -0.1) is 0 Å². The van der Waals surface area contributed by atoms with E-state index in [1.807, 2.05) is 24.3 Å². The summed E-state index contributed by atoms with van der Waals surface area (Å²) in [6, 6.07) is 8.20. The summed E-state index contributed by atoms with van der Waals surface area (Å²) in [5.41, 5.74) is 1.09. The van der Waals surface area contributed by atoms with Gasteiger partial charge in [-0.1, -0.05) is 33.2 Å². The van der Waals surface area contributed by atoms with Crippen LogP contribution in [0, 0.1) is 0 Å². The Hall–Kier alpha value is -1.20. The Morgan fingerprint density at radius 1 is 1.33 bits per heavy atom. The van der Waals surface area contributed by atoms with Crippen molar-refractivity contribution in [1.29, 1.82) is 0 Å². The minimum atomic E-state index is 0.117. The Morgan fingerprint density at radius 3 is 2.86 bits per heavy atom. The molecule has 0 saturated carbocycles. The lowest BCUT2D eigenvalue weighted by atomic mass is 10.0. The third-order valence-electron chi connectivity index (χ3n) is 3.92. The van der Waals surface area contributed by atoms with Crippen LogP contribution in [0.5, 0.6) is 0 Å². The average Bonchev–Trinajstić information content (AvgIpc) is 3.07. The summed E-state index contributed by atoms with van der Waals surface area (Å²) >= 11 is 3.47. The van der Waals surface area contributed by atoms with E-state index in [1.165, 1.54) is 6.42 Å². The summed E-state index contributed by atoms with van der Waals surface area (Å²) in [7, 11) is 0. The zero-order valence-electron chi connectivity index (χ0n) is 12.6. The maximum Gasteiger partial charge on any atom is 0.244 e. The third-order valence-corrected chi connectivity index (χ3v) is 4.42. The summed E-state index contributed by atoms with van der Waals surface area (Å²) in [5.74, 6) is 1.39. The van der Waals surface area contributed by atoms with Gasteiger partial charge in [0.15, 0.2) is 0 Å². The molecule has 1 fully saturated rings. The molecule has 0 radical (unpaired) electrons. The van der Waals surface area contributed by atoms with Crippen molar-refractivity contribution in [3.8, 4) is 11.4 Å². The standard InChI is InChI=1S/C16H20BrN3O/c1-16(2,3)20-9-5-8-13(20)15-18-14(19-21-15)11-6-4-7-12(17)10-11/h4,6-7,10,13H,5,8-9H2,1-3H3. The first-order chi connectivity index (χ1) is 9.95. The van der Waals surface area contributed by atoms with Crippen molar-refractivity contribution < 1.29 is 4.52 Å². The Labute approximate surface area is 133 Å². The van der Waals surface area contributed by atoms with Crippen LogP contribution < -0.4 is 0 Å². The van der Waals surface area contributed by atoms with Gasteiger partial charge in [0.2, 0.25) is 11.7 Å². The van der Waals surface area contributed by atoms with Crippen molar-refractivity contribution in [2.75, 3.05) is 6.54 Å².